The molecule has 0 aliphatic heterocycles. The summed E-state index contributed by atoms with van der Waals surface area (Å²) < 4.78 is 0. The molecule has 2 N–H and O–H groups in total. The summed E-state index contributed by atoms with van der Waals surface area (Å²) in [5.74, 6) is 0.685. The second-order valence-corrected chi connectivity index (χ2v) is 6.96. The predicted molar refractivity (Wildman–Crippen MR) is 94.6 cm³/mol. The van der Waals surface area contributed by atoms with Crippen LogP contribution in [0, 0.1) is 10.1 Å². The zero-order valence-corrected chi connectivity index (χ0v) is 14.4. The Balaban J connectivity index is 1.73. The van der Waals surface area contributed by atoms with Gasteiger partial charge < -0.3 is 15.5 Å². The van der Waals surface area contributed by atoms with E-state index in [0.29, 0.717) is 12.5 Å². The molecule has 1 atom stereocenters. The number of anilines is 2. The largest absolute Gasteiger partial charge is 0.361 e. The van der Waals surface area contributed by atoms with Gasteiger partial charge in [0.2, 0.25) is 11.8 Å². The molecule has 2 aromatic rings. The van der Waals surface area contributed by atoms with Gasteiger partial charge in [0, 0.05) is 17.5 Å². The van der Waals surface area contributed by atoms with Gasteiger partial charge >= 0.3 is 5.69 Å². The van der Waals surface area contributed by atoms with Gasteiger partial charge in [-0.05, 0) is 38.4 Å². The van der Waals surface area contributed by atoms with Crippen LogP contribution in [0.15, 0.2) is 23.7 Å². The van der Waals surface area contributed by atoms with Crippen LogP contribution >= 0.6 is 11.3 Å². The minimum Gasteiger partial charge on any atom is -0.361 e. The maximum Gasteiger partial charge on any atom is 0.329 e. The Bertz CT molecular complexity index is 702. The fourth-order valence-corrected chi connectivity index (χ4v) is 3.25. The number of aromatic nitrogens is 2. The zero-order valence-electron chi connectivity index (χ0n) is 13.6. The molecule has 1 unspecified atom stereocenters. The van der Waals surface area contributed by atoms with Crippen LogP contribution in [0.25, 0.3) is 0 Å². The molecular weight excluding hydrogens is 328 g/mol. The van der Waals surface area contributed by atoms with Crippen LogP contribution in [-0.4, -0.2) is 46.5 Å². The number of nitrogens with zero attached hydrogens (tertiary/aromatic N) is 4. The zero-order chi connectivity index (χ0) is 17.1. The first-order valence-electron chi connectivity index (χ1n) is 7.76. The van der Waals surface area contributed by atoms with Gasteiger partial charge in [-0.25, -0.2) is 4.98 Å². The summed E-state index contributed by atoms with van der Waals surface area (Å²) in [7, 11) is 4.03. The monoisotopic (exact) mass is 348 g/mol. The molecule has 1 saturated carbocycles. The summed E-state index contributed by atoms with van der Waals surface area (Å²) in [5.41, 5.74) is -0.0881. The Kier molecular flexibility index (Phi) is 4.91. The third-order valence-corrected chi connectivity index (χ3v) is 4.81. The maximum atomic E-state index is 11.1. The highest BCUT2D eigenvalue weighted by Crippen LogP contribution is 2.30. The molecule has 0 radical (unpaired) electrons. The maximum absolute atomic E-state index is 11.1. The van der Waals surface area contributed by atoms with Crippen LogP contribution in [-0.2, 0) is 0 Å². The lowest BCUT2D eigenvalue weighted by atomic mass is 10.2. The molecule has 0 aromatic carbocycles. The lowest BCUT2D eigenvalue weighted by molar-refractivity contribution is -0.384. The molecule has 3 rings (SSSR count). The molecular formula is C15H20N6O2S. The second-order valence-electron chi connectivity index (χ2n) is 5.98. The van der Waals surface area contributed by atoms with E-state index >= 15 is 0 Å². The molecule has 2 aromatic heterocycles. The Labute approximate surface area is 144 Å². The molecule has 8 nitrogen and oxygen atoms in total. The Morgan fingerprint density at radius 2 is 2.29 bits per heavy atom. The van der Waals surface area contributed by atoms with Crippen LogP contribution in [0.5, 0.6) is 0 Å². The van der Waals surface area contributed by atoms with Crippen molar-refractivity contribution in [2.75, 3.05) is 31.3 Å². The summed E-state index contributed by atoms with van der Waals surface area (Å²) in [6.45, 7) is 0.619. The molecule has 1 fully saturated rings. The SMILES string of the molecule is CN(C)C(CNc1ncc([N+](=O)[O-])c(NC2CC2)n1)c1cccs1. The van der Waals surface area contributed by atoms with Crippen LogP contribution in [0.2, 0.25) is 0 Å². The highest BCUT2D eigenvalue weighted by molar-refractivity contribution is 7.10. The summed E-state index contributed by atoms with van der Waals surface area (Å²) in [6, 6.07) is 4.58. The number of hydrogen-bond donors (Lipinski definition) is 2. The van der Waals surface area contributed by atoms with E-state index in [2.05, 4.69) is 31.6 Å². The van der Waals surface area contributed by atoms with E-state index in [1.165, 1.54) is 11.1 Å². The Morgan fingerprint density at radius 3 is 2.88 bits per heavy atom. The van der Waals surface area contributed by atoms with Crippen LogP contribution in [0.4, 0.5) is 17.5 Å². The lowest BCUT2D eigenvalue weighted by Gasteiger charge is -2.23. The minimum absolute atomic E-state index is 0.0881. The first-order chi connectivity index (χ1) is 11.5. The van der Waals surface area contributed by atoms with Crippen molar-refractivity contribution < 1.29 is 4.92 Å². The normalized spacial score (nSPS) is 15.3. The first kappa shape index (κ1) is 16.6. The summed E-state index contributed by atoms with van der Waals surface area (Å²) in [4.78, 5) is 22.4. The summed E-state index contributed by atoms with van der Waals surface area (Å²) >= 11 is 1.70. The number of nitrogens with one attached hydrogen (secondary N) is 2. The average molecular weight is 348 g/mol. The predicted octanol–water partition coefficient (Wildman–Crippen LogP) is 2.74. The number of rotatable bonds is 8. The van der Waals surface area contributed by atoms with Crippen molar-refractivity contribution in [3.8, 4) is 0 Å². The number of hydrogen-bond acceptors (Lipinski definition) is 8. The molecule has 24 heavy (non-hydrogen) atoms. The smallest absolute Gasteiger partial charge is 0.329 e. The third-order valence-electron chi connectivity index (χ3n) is 3.83. The third kappa shape index (κ3) is 3.98. The molecule has 0 bridgehead atoms. The van der Waals surface area contributed by atoms with E-state index in [9.17, 15) is 10.1 Å². The Hall–Kier alpha value is -2.26. The molecule has 0 spiro atoms. The van der Waals surface area contributed by atoms with Crippen LogP contribution < -0.4 is 10.6 Å². The molecule has 0 amide bonds. The molecule has 128 valence electrons. The first-order valence-corrected chi connectivity index (χ1v) is 8.64. The van der Waals surface area contributed by atoms with Gasteiger partial charge in [0.05, 0.1) is 11.0 Å². The van der Waals surface area contributed by atoms with Gasteiger partial charge in [-0.15, -0.1) is 11.3 Å². The van der Waals surface area contributed by atoms with Crippen molar-refractivity contribution in [1.82, 2.24) is 14.9 Å². The van der Waals surface area contributed by atoms with E-state index in [-0.39, 0.29) is 23.6 Å². The number of thiophene rings is 1. The summed E-state index contributed by atoms with van der Waals surface area (Å²) in [6.07, 6.45) is 3.30. The van der Waals surface area contributed by atoms with Crippen LogP contribution in [0.1, 0.15) is 23.8 Å². The van der Waals surface area contributed by atoms with E-state index in [1.54, 1.807) is 11.3 Å². The van der Waals surface area contributed by atoms with Gasteiger partial charge in [-0.2, -0.15) is 4.98 Å². The van der Waals surface area contributed by atoms with Crippen LogP contribution in [0.3, 0.4) is 0 Å². The fraction of sp³-hybridized carbons (Fsp3) is 0.467. The van der Waals surface area contributed by atoms with Crippen molar-refractivity contribution in [2.24, 2.45) is 0 Å². The molecule has 1 aliphatic rings. The number of likely N-dealkylation sites (N-methyl/N-ethyl adjacent to an activating group) is 1. The quantitative estimate of drug-likeness (QED) is 0.559. The summed E-state index contributed by atoms with van der Waals surface area (Å²) in [5, 5.41) is 19.5. The topological polar surface area (TPSA) is 96.2 Å². The molecule has 2 heterocycles. The van der Waals surface area contributed by atoms with Gasteiger partial charge in [0.1, 0.15) is 6.20 Å². The second kappa shape index (κ2) is 7.10. The van der Waals surface area contributed by atoms with E-state index < -0.39 is 4.92 Å². The van der Waals surface area contributed by atoms with Gasteiger partial charge in [-0.3, -0.25) is 10.1 Å². The molecule has 9 heteroatoms. The molecule has 0 saturated heterocycles. The highest BCUT2D eigenvalue weighted by Gasteiger charge is 2.26. The number of nitro groups is 1. The Morgan fingerprint density at radius 1 is 1.50 bits per heavy atom. The van der Waals surface area contributed by atoms with Crippen molar-refractivity contribution >= 4 is 28.8 Å². The van der Waals surface area contributed by atoms with E-state index in [1.807, 2.05) is 25.5 Å². The minimum atomic E-state index is -0.456. The molecule has 1 aliphatic carbocycles. The van der Waals surface area contributed by atoms with Crippen molar-refractivity contribution in [2.45, 2.75) is 24.9 Å². The van der Waals surface area contributed by atoms with Gasteiger partial charge in [0.15, 0.2) is 0 Å². The van der Waals surface area contributed by atoms with E-state index in [4.69, 9.17) is 0 Å². The standard InChI is InChI=1S/C15H20N6O2S/c1-20(2)11(13-4-3-7-24-13)8-16-15-17-9-12(21(22)23)14(19-15)18-10-5-6-10/h3-4,7,9-11H,5-6,8H2,1-2H3,(H2,16,17,18,19). The van der Waals surface area contributed by atoms with Gasteiger partial charge in [-0.1, -0.05) is 6.07 Å². The average Bonchev–Trinajstić information content (AvgIpc) is 3.18. The lowest BCUT2D eigenvalue weighted by Crippen LogP contribution is -2.26. The van der Waals surface area contributed by atoms with Crippen molar-refractivity contribution in [1.29, 1.82) is 0 Å². The fourth-order valence-electron chi connectivity index (χ4n) is 2.33. The highest BCUT2D eigenvalue weighted by atomic mass is 32.1. The van der Waals surface area contributed by atoms with Gasteiger partial charge in [0.25, 0.3) is 0 Å². The van der Waals surface area contributed by atoms with Crippen molar-refractivity contribution in [3.05, 3.63) is 38.7 Å². The van der Waals surface area contributed by atoms with Crippen molar-refractivity contribution in [3.63, 3.8) is 0 Å². The van der Waals surface area contributed by atoms with E-state index in [0.717, 1.165) is 12.8 Å².